The first-order valence-corrected chi connectivity index (χ1v) is 7.47. The van der Waals surface area contributed by atoms with Gasteiger partial charge in [-0.3, -0.25) is 0 Å². The van der Waals surface area contributed by atoms with Crippen LogP contribution in [0.1, 0.15) is 38.7 Å². The fourth-order valence-corrected chi connectivity index (χ4v) is 3.34. The van der Waals surface area contributed by atoms with Crippen LogP contribution in [0.15, 0.2) is 12.1 Å². The van der Waals surface area contributed by atoms with Gasteiger partial charge in [-0.1, -0.05) is 43.5 Å². The van der Waals surface area contributed by atoms with Crippen molar-refractivity contribution in [1.82, 2.24) is 0 Å². The van der Waals surface area contributed by atoms with Crippen LogP contribution < -0.4 is 5.32 Å². The molecule has 1 nitrogen and oxygen atoms in total. The van der Waals surface area contributed by atoms with Crippen LogP contribution in [0.3, 0.4) is 0 Å². The topological polar surface area (TPSA) is 12.0 Å². The van der Waals surface area contributed by atoms with E-state index in [1.54, 1.807) is 0 Å². The fourth-order valence-electron chi connectivity index (χ4n) is 2.90. The molecule has 0 aromatic heterocycles. The molecule has 18 heavy (non-hydrogen) atoms. The average molecular weight is 286 g/mol. The normalized spacial score (nSPS) is 28.2. The van der Waals surface area contributed by atoms with Gasteiger partial charge in [0.15, 0.2) is 0 Å². The molecule has 0 radical (unpaired) electrons. The van der Waals surface area contributed by atoms with Crippen LogP contribution in [0.2, 0.25) is 10.0 Å². The summed E-state index contributed by atoms with van der Waals surface area (Å²) < 4.78 is 0. The summed E-state index contributed by atoms with van der Waals surface area (Å²) in [6, 6.07) is 4.38. The van der Waals surface area contributed by atoms with Crippen LogP contribution >= 0.6 is 23.2 Å². The molecule has 2 rings (SSSR count). The van der Waals surface area contributed by atoms with Crippen molar-refractivity contribution in [2.75, 3.05) is 5.32 Å². The van der Waals surface area contributed by atoms with Crippen molar-refractivity contribution in [3.05, 3.63) is 27.7 Å². The first-order valence-electron chi connectivity index (χ1n) is 6.71. The standard InChI is InChI=1S/C15H21Cl2N/c1-9-5-4-6-10(2)15(9)18-14-8-12(16)11(3)7-13(14)17/h7-10,15,18H,4-6H2,1-3H3. The van der Waals surface area contributed by atoms with E-state index in [4.69, 9.17) is 23.2 Å². The molecule has 0 bridgehead atoms. The molecule has 2 unspecified atom stereocenters. The summed E-state index contributed by atoms with van der Waals surface area (Å²) in [7, 11) is 0. The maximum absolute atomic E-state index is 6.30. The Labute approximate surface area is 120 Å². The molecular weight excluding hydrogens is 265 g/mol. The molecule has 3 heteroatoms. The molecule has 1 saturated carbocycles. The van der Waals surface area contributed by atoms with E-state index in [1.807, 2.05) is 19.1 Å². The largest absolute Gasteiger partial charge is 0.381 e. The Morgan fingerprint density at radius 1 is 1.06 bits per heavy atom. The Morgan fingerprint density at radius 2 is 1.67 bits per heavy atom. The Hall–Kier alpha value is -0.400. The molecule has 0 aliphatic heterocycles. The second-order valence-electron chi connectivity index (χ2n) is 5.64. The zero-order valence-corrected chi connectivity index (χ0v) is 12.8. The van der Waals surface area contributed by atoms with Crippen LogP contribution in [0.5, 0.6) is 0 Å². The van der Waals surface area contributed by atoms with Gasteiger partial charge in [-0.2, -0.15) is 0 Å². The second kappa shape index (κ2) is 5.71. The summed E-state index contributed by atoms with van der Waals surface area (Å²) >= 11 is 12.5. The smallest absolute Gasteiger partial charge is 0.0641 e. The lowest BCUT2D eigenvalue weighted by molar-refractivity contribution is 0.268. The van der Waals surface area contributed by atoms with E-state index in [0.717, 1.165) is 21.3 Å². The van der Waals surface area contributed by atoms with E-state index in [0.29, 0.717) is 17.9 Å². The van der Waals surface area contributed by atoms with Crippen LogP contribution in [0, 0.1) is 18.8 Å². The highest BCUT2D eigenvalue weighted by Gasteiger charge is 2.28. The van der Waals surface area contributed by atoms with E-state index in [1.165, 1.54) is 19.3 Å². The van der Waals surface area contributed by atoms with Gasteiger partial charge in [-0.15, -0.1) is 0 Å². The van der Waals surface area contributed by atoms with Gasteiger partial charge in [0.25, 0.3) is 0 Å². The van der Waals surface area contributed by atoms with Crippen LogP contribution in [0.25, 0.3) is 0 Å². The van der Waals surface area contributed by atoms with Gasteiger partial charge in [-0.25, -0.2) is 0 Å². The van der Waals surface area contributed by atoms with Crippen molar-refractivity contribution in [1.29, 1.82) is 0 Å². The summed E-state index contributed by atoms with van der Waals surface area (Å²) in [5.74, 6) is 1.37. The van der Waals surface area contributed by atoms with Gasteiger partial charge in [0.1, 0.15) is 0 Å². The molecule has 1 aliphatic rings. The van der Waals surface area contributed by atoms with Crippen molar-refractivity contribution in [3.8, 4) is 0 Å². The Balaban J connectivity index is 2.20. The van der Waals surface area contributed by atoms with Crippen molar-refractivity contribution in [2.45, 2.75) is 46.1 Å². The Kier molecular flexibility index (Phi) is 4.45. The molecule has 1 fully saturated rings. The first kappa shape index (κ1) is 14.0. The van der Waals surface area contributed by atoms with Crippen LogP contribution in [-0.4, -0.2) is 6.04 Å². The van der Waals surface area contributed by atoms with Gasteiger partial charge in [-0.05, 0) is 49.3 Å². The first-order chi connectivity index (χ1) is 8.49. The van der Waals surface area contributed by atoms with Gasteiger partial charge >= 0.3 is 0 Å². The fraction of sp³-hybridized carbons (Fsp3) is 0.600. The molecule has 1 N–H and O–H groups in total. The lowest BCUT2D eigenvalue weighted by Gasteiger charge is -2.36. The van der Waals surface area contributed by atoms with E-state index in [-0.39, 0.29) is 0 Å². The summed E-state index contributed by atoms with van der Waals surface area (Å²) in [6.07, 6.45) is 3.92. The number of benzene rings is 1. The predicted octanol–water partition coefficient (Wildman–Crippen LogP) is 5.54. The zero-order chi connectivity index (χ0) is 13.3. The van der Waals surface area contributed by atoms with Gasteiger partial charge in [0, 0.05) is 11.1 Å². The molecule has 0 heterocycles. The third-order valence-electron chi connectivity index (χ3n) is 4.12. The third-order valence-corrected chi connectivity index (χ3v) is 4.84. The molecular formula is C15H21Cl2N. The summed E-state index contributed by atoms with van der Waals surface area (Å²) in [6.45, 7) is 6.61. The molecule has 100 valence electrons. The lowest BCUT2D eigenvalue weighted by atomic mass is 9.78. The third kappa shape index (κ3) is 2.95. The molecule has 1 aromatic rings. The number of nitrogens with one attached hydrogen (secondary N) is 1. The molecule has 1 aromatic carbocycles. The number of rotatable bonds is 2. The van der Waals surface area contributed by atoms with Crippen LogP contribution in [0.4, 0.5) is 5.69 Å². The SMILES string of the molecule is Cc1cc(Cl)c(NC2C(C)CCCC2C)cc1Cl. The van der Waals surface area contributed by atoms with E-state index in [9.17, 15) is 0 Å². The predicted molar refractivity (Wildman–Crippen MR) is 80.8 cm³/mol. The minimum absolute atomic E-state index is 0.495. The quantitative estimate of drug-likeness (QED) is 0.752. The summed E-state index contributed by atoms with van der Waals surface area (Å²) in [5, 5.41) is 5.14. The van der Waals surface area contributed by atoms with Crippen molar-refractivity contribution < 1.29 is 0 Å². The van der Waals surface area contributed by atoms with Gasteiger partial charge in [0.05, 0.1) is 10.7 Å². The summed E-state index contributed by atoms with van der Waals surface area (Å²) in [4.78, 5) is 0. The maximum atomic E-state index is 6.30. The highest BCUT2D eigenvalue weighted by atomic mass is 35.5. The zero-order valence-electron chi connectivity index (χ0n) is 11.3. The molecule has 1 aliphatic carbocycles. The average Bonchev–Trinajstić information content (AvgIpc) is 2.30. The van der Waals surface area contributed by atoms with E-state index >= 15 is 0 Å². The monoisotopic (exact) mass is 285 g/mol. The highest BCUT2D eigenvalue weighted by Crippen LogP contribution is 2.35. The molecule has 0 amide bonds. The van der Waals surface area contributed by atoms with Gasteiger partial charge < -0.3 is 5.32 Å². The minimum atomic E-state index is 0.495. The van der Waals surface area contributed by atoms with E-state index in [2.05, 4.69) is 19.2 Å². The van der Waals surface area contributed by atoms with E-state index < -0.39 is 0 Å². The second-order valence-corrected chi connectivity index (χ2v) is 6.45. The minimum Gasteiger partial charge on any atom is -0.381 e. The number of hydrogen-bond donors (Lipinski definition) is 1. The Bertz CT molecular complexity index is 421. The molecule has 0 saturated heterocycles. The van der Waals surface area contributed by atoms with Gasteiger partial charge in [0.2, 0.25) is 0 Å². The van der Waals surface area contributed by atoms with Crippen LogP contribution in [-0.2, 0) is 0 Å². The number of anilines is 1. The number of aryl methyl sites for hydroxylation is 1. The number of halogens is 2. The lowest BCUT2D eigenvalue weighted by Crippen LogP contribution is -2.37. The van der Waals surface area contributed by atoms with Crippen molar-refractivity contribution in [2.24, 2.45) is 11.8 Å². The Morgan fingerprint density at radius 3 is 2.28 bits per heavy atom. The highest BCUT2D eigenvalue weighted by molar-refractivity contribution is 6.35. The molecule has 0 spiro atoms. The maximum Gasteiger partial charge on any atom is 0.0641 e. The van der Waals surface area contributed by atoms with Crippen molar-refractivity contribution in [3.63, 3.8) is 0 Å². The summed E-state index contributed by atoms with van der Waals surface area (Å²) in [5.41, 5.74) is 2.00. The van der Waals surface area contributed by atoms with Crippen molar-refractivity contribution >= 4 is 28.9 Å². The number of hydrogen-bond acceptors (Lipinski definition) is 1. The molecule has 2 atom stereocenters.